The molecule has 0 saturated carbocycles. The van der Waals surface area contributed by atoms with Crippen LogP contribution >= 0.6 is 0 Å². The fourth-order valence-electron chi connectivity index (χ4n) is 1.83. The molecule has 2 rings (SSSR count). The smallest absolute Gasteiger partial charge is 0.308 e. The van der Waals surface area contributed by atoms with E-state index in [9.17, 15) is 14.0 Å². The average molecular weight is 286 g/mol. The summed E-state index contributed by atoms with van der Waals surface area (Å²) in [7, 11) is 0. The molecule has 0 aliphatic rings. The molecule has 0 aromatic heterocycles. The molecule has 5 heteroatoms. The van der Waals surface area contributed by atoms with Gasteiger partial charge in [0.05, 0.1) is 0 Å². The van der Waals surface area contributed by atoms with E-state index in [-0.39, 0.29) is 5.78 Å². The predicted molar refractivity (Wildman–Crippen MR) is 80.2 cm³/mol. The second kappa shape index (κ2) is 6.17. The summed E-state index contributed by atoms with van der Waals surface area (Å²) in [6, 6.07) is 10.3. The Labute approximate surface area is 122 Å². The standard InChI is InChI=1S/C16H15FN2O2/c1-10-6-7-13(17)9-15(10)19-16(21)18-14-5-3-4-12(8-14)11(2)20/h3-9H,1-2H3,(H2,18,19,21). The van der Waals surface area contributed by atoms with Crippen molar-refractivity contribution in [2.75, 3.05) is 10.6 Å². The zero-order valence-corrected chi connectivity index (χ0v) is 11.7. The van der Waals surface area contributed by atoms with Gasteiger partial charge in [-0.2, -0.15) is 0 Å². The third-order valence-electron chi connectivity index (χ3n) is 2.97. The Balaban J connectivity index is 2.10. The number of benzene rings is 2. The van der Waals surface area contributed by atoms with Crippen LogP contribution in [0, 0.1) is 12.7 Å². The molecule has 0 aliphatic heterocycles. The molecule has 2 amide bonds. The summed E-state index contributed by atoms with van der Waals surface area (Å²) in [5, 5.41) is 5.18. The van der Waals surface area contributed by atoms with Crippen molar-refractivity contribution < 1.29 is 14.0 Å². The van der Waals surface area contributed by atoms with Gasteiger partial charge in [-0.1, -0.05) is 18.2 Å². The van der Waals surface area contributed by atoms with Crippen molar-refractivity contribution in [1.82, 2.24) is 0 Å². The maximum absolute atomic E-state index is 13.2. The Bertz CT molecular complexity index is 698. The Kier molecular flexibility index (Phi) is 4.33. The van der Waals surface area contributed by atoms with E-state index in [0.29, 0.717) is 16.9 Å². The number of ketones is 1. The van der Waals surface area contributed by atoms with Crippen molar-refractivity contribution >= 4 is 23.2 Å². The van der Waals surface area contributed by atoms with E-state index in [1.165, 1.54) is 19.1 Å². The normalized spacial score (nSPS) is 10.0. The van der Waals surface area contributed by atoms with E-state index in [1.807, 2.05) is 0 Å². The van der Waals surface area contributed by atoms with Crippen LogP contribution < -0.4 is 10.6 Å². The lowest BCUT2D eigenvalue weighted by Gasteiger charge is -2.10. The Morgan fingerprint density at radius 2 is 1.81 bits per heavy atom. The van der Waals surface area contributed by atoms with Crippen molar-refractivity contribution in [3.8, 4) is 0 Å². The fraction of sp³-hybridized carbons (Fsp3) is 0.125. The zero-order valence-electron chi connectivity index (χ0n) is 11.7. The number of urea groups is 1. The number of rotatable bonds is 3. The van der Waals surface area contributed by atoms with Gasteiger partial charge in [-0.25, -0.2) is 9.18 Å². The molecule has 2 aromatic carbocycles. The molecule has 0 fully saturated rings. The summed E-state index contributed by atoms with van der Waals surface area (Å²) in [5.41, 5.74) is 2.16. The van der Waals surface area contributed by atoms with Crippen LogP contribution in [0.25, 0.3) is 0 Å². The van der Waals surface area contributed by atoms with Crippen LogP contribution in [-0.4, -0.2) is 11.8 Å². The number of anilines is 2. The number of hydrogen-bond acceptors (Lipinski definition) is 2. The summed E-state index contributed by atoms with van der Waals surface area (Å²) < 4.78 is 13.2. The summed E-state index contributed by atoms with van der Waals surface area (Å²) in [5.74, 6) is -0.505. The van der Waals surface area contributed by atoms with Gasteiger partial charge in [0.1, 0.15) is 5.82 Å². The Morgan fingerprint density at radius 1 is 1.05 bits per heavy atom. The van der Waals surface area contributed by atoms with E-state index in [4.69, 9.17) is 0 Å². The van der Waals surface area contributed by atoms with Gasteiger partial charge in [-0.05, 0) is 43.7 Å². The van der Waals surface area contributed by atoms with Crippen molar-refractivity contribution in [2.45, 2.75) is 13.8 Å². The maximum atomic E-state index is 13.2. The molecule has 0 aliphatic carbocycles. The lowest BCUT2D eigenvalue weighted by Crippen LogP contribution is -2.20. The SMILES string of the molecule is CC(=O)c1cccc(NC(=O)Nc2cc(F)ccc2C)c1. The van der Waals surface area contributed by atoms with Gasteiger partial charge >= 0.3 is 6.03 Å². The quantitative estimate of drug-likeness (QED) is 0.838. The molecule has 0 spiro atoms. The lowest BCUT2D eigenvalue weighted by atomic mass is 10.1. The first kappa shape index (κ1) is 14.7. The monoisotopic (exact) mass is 286 g/mol. The Hall–Kier alpha value is -2.69. The molecular formula is C16H15FN2O2. The van der Waals surface area contributed by atoms with Crippen LogP contribution in [-0.2, 0) is 0 Å². The molecule has 0 heterocycles. The third kappa shape index (κ3) is 3.89. The number of aryl methyl sites for hydroxylation is 1. The number of nitrogens with one attached hydrogen (secondary N) is 2. The number of amides is 2. The highest BCUT2D eigenvalue weighted by molar-refractivity contribution is 6.01. The third-order valence-corrected chi connectivity index (χ3v) is 2.97. The average Bonchev–Trinajstić information content (AvgIpc) is 2.43. The molecule has 2 N–H and O–H groups in total. The minimum Gasteiger partial charge on any atom is -0.308 e. The second-order valence-electron chi connectivity index (χ2n) is 4.68. The zero-order chi connectivity index (χ0) is 15.4. The number of carbonyl (C=O) groups excluding carboxylic acids is 2. The molecule has 0 bridgehead atoms. The first-order valence-electron chi connectivity index (χ1n) is 6.41. The molecule has 21 heavy (non-hydrogen) atoms. The highest BCUT2D eigenvalue weighted by Crippen LogP contribution is 2.17. The summed E-state index contributed by atoms with van der Waals surface area (Å²) >= 11 is 0. The van der Waals surface area contributed by atoms with Crippen LogP contribution in [0.4, 0.5) is 20.6 Å². The number of hydrogen-bond donors (Lipinski definition) is 2. The van der Waals surface area contributed by atoms with Gasteiger partial charge in [0.2, 0.25) is 0 Å². The molecule has 0 saturated heterocycles. The van der Waals surface area contributed by atoms with E-state index in [0.717, 1.165) is 5.56 Å². The van der Waals surface area contributed by atoms with E-state index >= 15 is 0 Å². The minimum absolute atomic E-state index is 0.0833. The van der Waals surface area contributed by atoms with E-state index < -0.39 is 11.8 Å². The van der Waals surface area contributed by atoms with Crippen molar-refractivity contribution in [3.63, 3.8) is 0 Å². The van der Waals surface area contributed by atoms with Gasteiger partial charge in [0, 0.05) is 16.9 Å². The van der Waals surface area contributed by atoms with E-state index in [2.05, 4.69) is 10.6 Å². The van der Waals surface area contributed by atoms with Crippen molar-refractivity contribution in [1.29, 1.82) is 0 Å². The van der Waals surface area contributed by atoms with Crippen LogP contribution in [0.15, 0.2) is 42.5 Å². The molecule has 108 valence electrons. The van der Waals surface area contributed by atoms with Gasteiger partial charge < -0.3 is 10.6 Å². The van der Waals surface area contributed by atoms with Gasteiger partial charge in [0.25, 0.3) is 0 Å². The number of carbonyl (C=O) groups is 2. The van der Waals surface area contributed by atoms with Gasteiger partial charge in [-0.3, -0.25) is 4.79 Å². The maximum Gasteiger partial charge on any atom is 0.323 e. The minimum atomic E-state index is -0.496. The summed E-state index contributed by atoms with van der Waals surface area (Å²) in [4.78, 5) is 23.2. The van der Waals surface area contributed by atoms with E-state index in [1.54, 1.807) is 37.3 Å². The van der Waals surface area contributed by atoms with Crippen LogP contribution in [0.3, 0.4) is 0 Å². The fourth-order valence-corrected chi connectivity index (χ4v) is 1.83. The molecule has 0 atom stereocenters. The number of Topliss-reactive ketones (excluding diaryl/α,β-unsaturated/α-hetero) is 1. The van der Waals surface area contributed by atoms with Crippen LogP contribution in [0.2, 0.25) is 0 Å². The van der Waals surface area contributed by atoms with Gasteiger partial charge in [0.15, 0.2) is 5.78 Å². The first-order chi connectivity index (χ1) is 9.95. The molecule has 0 unspecified atom stereocenters. The summed E-state index contributed by atoms with van der Waals surface area (Å²) in [6.07, 6.45) is 0. The molecule has 4 nitrogen and oxygen atoms in total. The number of halogens is 1. The van der Waals surface area contributed by atoms with Gasteiger partial charge in [-0.15, -0.1) is 0 Å². The van der Waals surface area contributed by atoms with Crippen molar-refractivity contribution in [2.24, 2.45) is 0 Å². The largest absolute Gasteiger partial charge is 0.323 e. The Morgan fingerprint density at radius 3 is 2.52 bits per heavy atom. The highest BCUT2D eigenvalue weighted by atomic mass is 19.1. The molecule has 0 radical (unpaired) electrons. The predicted octanol–water partition coefficient (Wildman–Crippen LogP) is 3.98. The first-order valence-corrected chi connectivity index (χ1v) is 6.41. The highest BCUT2D eigenvalue weighted by Gasteiger charge is 2.07. The topological polar surface area (TPSA) is 58.2 Å². The lowest BCUT2D eigenvalue weighted by molar-refractivity contribution is 0.101. The van der Waals surface area contributed by atoms with Crippen molar-refractivity contribution in [3.05, 3.63) is 59.4 Å². The van der Waals surface area contributed by atoms with Crippen LogP contribution in [0.5, 0.6) is 0 Å². The molecule has 2 aromatic rings. The summed E-state index contributed by atoms with van der Waals surface area (Å²) in [6.45, 7) is 3.22. The second-order valence-corrected chi connectivity index (χ2v) is 4.68. The molecular weight excluding hydrogens is 271 g/mol. The van der Waals surface area contributed by atoms with Crippen LogP contribution in [0.1, 0.15) is 22.8 Å².